The number of aromatic nitrogens is 3. The molecule has 3 aromatic rings. The maximum absolute atomic E-state index is 13.1. The van der Waals surface area contributed by atoms with E-state index in [9.17, 15) is 13.2 Å². The van der Waals surface area contributed by atoms with Crippen molar-refractivity contribution < 1.29 is 13.2 Å². The molecule has 1 N–H and O–H groups in total. The van der Waals surface area contributed by atoms with E-state index in [2.05, 4.69) is 15.2 Å². The number of aromatic amines is 1. The monoisotopic (exact) mass is 331 g/mol. The number of hydrogen-bond donors (Lipinski definition) is 1. The molecule has 0 spiro atoms. The average Bonchev–Trinajstić information content (AvgIpc) is 2.88. The number of H-pyrrole nitrogens is 1. The van der Waals surface area contributed by atoms with Crippen molar-refractivity contribution in [3.8, 4) is 11.1 Å². The molecule has 3 nitrogen and oxygen atoms in total. The number of nitrogens with zero attached hydrogens (tertiary/aromatic N) is 2. The Hall–Kier alpha value is -1.79. The Bertz CT molecular complexity index is 827. The molecule has 0 aliphatic heterocycles. The Labute approximate surface area is 126 Å². The van der Waals surface area contributed by atoms with Crippen LogP contribution < -0.4 is 0 Å². The maximum atomic E-state index is 13.1. The first-order valence-electron chi connectivity index (χ1n) is 5.75. The molecule has 1 aromatic carbocycles. The van der Waals surface area contributed by atoms with Crippen LogP contribution in [0.25, 0.3) is 22.0 Å². The minimum absolute atomic E-state index is 0.00205. The molecule has 0 amide bonds. The number of halogens is 5. The van der Waals surface area contributed by atoms with Crippen molar-refractivity contribution in [3.63, 3.8) is 0 Å². The zero-order chi connectivity index (χ0) is 15.2. The van der Waals surface area contributed by atoms with Gasteiger partial charge in [-0.2, -0.15) is 13.2 Å². The molecule has 2 heterocycles. The van der Waals surface area contributed by atoms with Crippen LogP contribution in [-0.4, -0.2) is 15.2 Å². The minimum atomic E-state index is -4.48. The van der Waals surface area contributed by atoms with E-state index < -0.39 is 11.7 Å². The van der Waals surface area contributed by atoms with Crippen LogP contribution in [0, 0.1) is 0 Å². The molecule has 3 rings (SSSR count). The summed E-state index contributed by atoms with van der Waals surface area (Å²) in [6, 6.07) is 5.23. The van der Waals surface area contributed by atoms with Crippen molar-refractivity contribution in [3.05, 3.63) is 46.3 Å². The SMILES string of the molecule is FC(F)(F)c1ccccc1-c1c[nH]c2c(Cl)nnc(Cl)c12. The van der Waals surface area contributed by atoms with Gasteiger partial charge in [0.2, 0.25) is 0 Å². The van der Waals surface area contributed by atoms with Crippen molar-refractivity contribution in [2.24, 2.45) is 0 Å². The van der Waals surface area contributed by atoms with Crippen LogP contribution >= 0.6 is 23.2 Å². The van der Waals surface area contributed by atoms with E-state index in [4.69, 9.17) is 23.2 Å². The van der Waals surface area contributed by atoms with Gasteiger partial charge < -0.3 is 4.98 Å². The number of alkyl halides is 3. The van der Waals surface area contributed by atoms with Crippen molar-refractivity contribution >= 4 is 34.1 Å². The van der Waals surface area contributed by atoms with Crippen LogP contribution in [-0.2, 0) is 6.18 Å². The van der Waals surface area contributed by atoms with Gasteiger partial charge in [-0.15, -0.1) is 10.2 Å². The van der Waals surface area contributed by atoms with Crippen molar-refractivity contribution in [2.45, 2.75) is 6.18 Å². The zero-order valence-electron chi connectivity index (χ0n) is 10.2. The molecule has 0 fully saturated rings. The molecule has 108 valence electrons. The van der Waals surface area contributed by atoms with Gasteiger partial charge in [0.1, 0.15) is 0 Å². The molecule has 8 heteroatoms. The summed E-state index contributed by atoms with van der Waals surface area (Å²) in [4.78, 5) is 2.79. The highest BCUT2D eigenvalue weighted by Gasteiger charge is 2.34. The largest absolute Gasteiger partial charge is 0.417 e. The molecule has 0 saturated carbocycles. The van der Waals surface area contributed by atoms with Gasteiger partial charge in [0.25, 0.3) is 0 Å². The van der Waals surface area contributed by atoms with Crippen LogP contribution in [0.2, 0.25) is 10.3 Å². The van der Waals surface area contributed by atoms with E-state index in [0.29, 0.717) is 10.9 Å². The van der Waals surface area contributed by atoms with Crippen LogP contribution in [0.1, 0.15) is 5.56 Å². The lowest BCUT2D eigenvalue weighted by molar-refractivity contribution is -0.137. The number of benzene rings is 1. The molecule has 2 aromatic heterocycles. The number of hydrogen-bond acceptors (Lipinski definition) is 2. The van der Waals surface area contributed by atoms with E-state index in [1.54, 1.807) is 0 Å². The molecule has 0 saturated heterocycles. The molecule has 0 atom stereocenters. The summed E-state index contributed by atoms with van der Waals surface area (Å²) < 4.78 is 39.4. The summed E-state index contributed by atoms with van der Waals surface area (Å²) in [5.74, 6) is 0. The smallest absolute Gasteiger partial charge is 0.358 e. The fraction of sp³-hybridized carbons (Fsp3) is 0.0769. The van der Waals surface area contributed by atoms with Crippen LogP contribution in [0.15, 0.2) is 30.5 Å². The lowest BCUT2D eigenvalue weighted by Crippen LogP contribution is -2.06. The lowest BCUT2D eigenvalue weighted by Gasteiger charge is -2.12. The highest BCUT2D eigenvalue weighted by molar-refractivity contribution is 6.39. The Balaban J connectivity index is 2.35. The Morgan fingerprint density at radius 2 is 1.62 bits per heavy atom. The van der Waals surface area contributed by atoms with Crippen molar-refractivity contribution in [1.82, 2.24) is 15.2 Å². The summed E-state index contributed by atoms with van der Waals surface area (Å²) in [6.07, 6.45) is -3.06. The second kappa shape index (κ2) is 4.89. The Morgan fingerprint density at radius 3 is 2.33 bits per heavy atom. The van der Waals surface area contributed by atoms with Crippen LogP contribution in [0.4, 0.5) is 13.2 Å². The number of rotatable bonds is 1. The van der Waals surface area contributed by atoms with E-state index in [1.807, 2.05) is 0 Å². The topological polar surface area (TPSA) is 41.6 Å². The highest BCUT2D eigenvalue weighted by atomic mass is 35.5. The first-order chi connectivity index (χ1) is 9.89. The van der Waals surface area contributed by atoms with Crippen LogP contribution in [0.3, 0.4) is 0 Å². The van der Waals surface area contributed by atoms with Gasteiger partial charge in [0.15, 0.2) is 10.3 Å². The summed E-state index contributed by atoms with van der Waals surface area (Å²) in [5.41, 5.74) is -0.125. The van der Waals surface area contributed by atoms with E-state index in [0.717, 1.165) is 6.07 Å². The van der Waals surface area contributed by atoms with E-state index >= 15 is 0 Å². The first-order valence-corrected chi connectivity index (χ1v) is 6.50. The number of fused-ring (bicyclic) bond motifs is 1. The average molecular weight is 332 g/mol. The summed E-state index contributed by atoms with van der Waals surface area (Å²) in [7, 11) is 0. The third-order valence-electron chi connectivity index (χ3n) is 3.04. The van der Waals surface area contributed by atoms with E-state index in [1.165, 1.54) is 24.4 Å². The zero-order valence-corrected chi connectivity index (χ0v) is 11.7. The molecule has 0 bridgehead atoms. The predicted molar refractivity (Wildman–Crippen MR) is 74.3 cm³/mol. The second-order valence-corrected chi connectivity index (χ2v) is 4.99. The molecule has 0 unspecified atom stereocenters. The normalized spacial score (nSPS) is 12.0. The van der Waals surface area contributed by atoms with Crippen molar-refractivity contribution in [1.29, 1.82) is 0 Å². The van der Waals surface area contributed by atoms with Gasteiger partial charge in [-0.05, 0) is 11.6 Å². The first kappa shape index (κ1) is 14.2. The maximum Gasteiger partial charge on any atom is 0.417 e. The standard InChI is InChI=1S/C13H6Cl2F3N3/c14-11-9-7(5-19-10(9)12(15)21-20-11)6-3-1-2-4-8(6)13(16,17)18/h1-5,19H. The minimum Gasteiger partial charge on any atom is -0.358 e. The Morgan fingerprint density at radius 1 is 0.952 bits per heavy atom. The van der Waals surface area contributed by atoms with Gasteiger partial charge in [0.05, 0.1) is 11.1 Å². The molecule has 0 aliphatic carbocycles. The van der Waals surface area contributed by atoms with E-state index in [-0.39, 0.29) is 21.4 Å². The third kappa shape index (κ3) is 2.34. The van der Waals surface area contributed by atoms with Gasteiger partial charge in [-0.3, -0.25) is 0 Å². The number of nitrogens with one attached hydrogen (secondary N) is 1. The van der Waals surface area contributed by atoms with Crippen LogP contribution in [0.5, 0.6) is 0 Å². The van der Waals surface area contributed by atoms with Gasteiger partial charge in [-0.25, -0.2) is 0 Å². The fourth-order valence-electron chi connectivity index (χ4n) is 2.17. The van der Waals surface area contributed by atoms with Crippen molar-refractivity contribution in [2.75, 3.05) is 0 Å². The molecule has 21 heavy (non-hydrogen) atoms. The summed E-state index contributed by atoms with van der Waals surface area (Å²) in [5, 5.41) is 7.60. The summed E-state index contributed by atoms with van der Waals surface area (Å²) >= 11 is 11.8. The predicted octanol–water partition coefficient (Wildman–Crippen LogP) is 4.95. The summed E-state index contributed by atoms with van der Waals surface area (Å²) in [6.45, 7) is 0. The molecule has 0 radical (unpaired) electrons. The van der Waals surface area contributed by atoms with Gasteiger partial charge >= 0.3 is 6.18 Å². The quantitative estimate of drug-likeness (QED) is 0.685. The molecule has 0 aliphatic rings. The fourth-order valence-corrected chi connectivity index (χ4v) is 2.59. The van der Waals surface area contributed by atoms with Gasteiger partial charge in [0, 0.05) is 17.1 Å². The molecular formula is C13H6Cl2F3N3. The second-order valence-electron chi connectivity index (χ2n) is 4.28. The third-order valence-corrected chi connectivity index (χ3v) is 3.57. The highest BCUT2D eigenvalue weighted by Crippen LogP contribution is 2.41. The Kier molecular flexibility index (Phi) is 3.30. The van der Waals surface area contributed by atoms with Gasteiger partial charge in [-0.1, -0.05) is 41.4 Å². The molecular weight excluding hydrogens is 326 g/mol. The lowest BCUT2D eigenvalue weighted by atomic mass is 10.00.